The van der Waals surface area contributed by atoms with Crippen LogP contribution < -0.4 is 29.6 Å². The van der Waals surface area contributed by atoms with Crippen molar-refractivity contribution in [2.75, 3.05) is 0 Å². The van der Waals surface area contributed by atoms with Crippen molar-refractivity contribution in [3.63, 3.8) is 0 Å². The molecule has 7 heteroatoms. The third kappa shape index (κ3) is 13.7. The Morgan fingerprint density at radius 2 is 1.81 bits per heavy atom. The maximum Gasteiger partial charge on any atom is 1.00 e. The standard InChI is InChI=1S/C14H29IO4S.Na/c1-5-7-8-13(6-2)9-10-14(15,11-12(3)4)19-20(16,17)18;/h12-13H,5-11H2,1-4H3,(H,16,17,18);/q;+1/p-1. The topological polar surface area (TPSA) is 66.4 Å². The van der Waals surface area contributed by atoms with Crippen molar-refractivity contribution in [3.8, 4) is 0 Å². The van der Waals surface area contributed by atoms with Crippen LogP contribution in [0.5, 0.6) is 0 Å². The second kappa shape index (κ2) is 12.0. The number of hydrogen-bond donors (Lipinski definition) is 0. The first-order chi connectivity index (χ1) is 9.12. The van der Waals surface area contributed by atoms with E-state index >= 15 is 0 Å². The molecule has 0 rings (SSSR count). The molecule has 2 atom stereocenters. The van der Waals surface area contributed by atoms with Crippen LogP contribution in [0.25, 0.3) is 0 Å². The molecular formula is C14H28INaO4S. The summed E-state index contributed by atoms with van der Waals surface area (Å²) >= 11 is 2.00. The summed E-state index contributed by atoms with van der Waals surface area (Å²) in [6.45, 7) is 8.33. The average Bonchev–Trinajstić information content (AvgIpc) is 2.25. The molecular weight excluding hydrogens is 414 g/mol. The van der Waals surface area contributed by atoms with Gasteiger partial charge in [-0.3, -0.25) is 4.18 Å². The molecule has 0 radical (unpaired) electrons. The zero-order valence-electron chi connectivity index (χ0n) is 14.0. The minimum Gasteiger partial charge on any atom is -0.725 e. The van der Waals surface area contributed by atoms with Crippen molar-refractivity contribution in [1.82, 2.24) is 0 Å². The summed E-state index contributed by atoms with van der Waals surface area (Å²) in [5.41, 5.74) is 0. The van der Waals surface area contributed by atoms with Gasteiger partial charge in [-0.15, -0.1) is 0 Å². The Balaban J connectivity index is 0. The Bertz CT molecular complexity index is 362. The molecule has 0 spiro atoms. The van der Waals surface area contributed by atoms with E-state index in [1.807, 2.05) is 36.4 Å². The molecule has 0 aliphatic carbocycles. The van der Waals surface area contributed by atoms with E-state index < -0.39 is 14.0 Å². The van der Waals surface area contributed by atoms with Crippen molar-refractivity contribution < 1.29 is 46.7 Å². The fourth-order valence-electron chi connectivity index (χ4n) is 2.44. The van der Waals surface area contributed by atoms with Crippen LogP contribution in [-0.4, -0.2) is 16.6 Å². The SMILES string of the molecule is CCCCC(CC)CCC(I)(CC(C)C)OS(=O)(=O)[O-].[Na+]. The first-order valence-corrected chi connectivity index (χ1v) is 9.88. The number of rotatable bonds is 11. The van der Waals surface area contributed by atoms with Crippen LogP contribution in [0, 0.1) is 11.8 Å². The Kier molecular flexibility index (Phi) is 14.2. The van der Waals surface area contributed by atoms with Crippen molar-refractivity contribution in [3.05, 3.63) is 0 Å². The van der Waals surface area contributed by atoms with E-state index in [1.165, 1.54) is 12.8 Å². The smallest absolute Gasteiger partial charge is 0.725 e. The van der Waals surface area contributed by atoms with Gasteiger partial charge in [0.1, 0.15) is 3.61 Å². The maximum absolute atomic E-state index is 10.9. The summed E-state index contributed by atoms with van der Waals surface area (Å²) in [5.74, 6) is 0.860. The molecule has 0 aromatic carbocycles. The van der Waals surface area contributed by atoms with E-state index in [0.29, 0.717) is 18.8 Å². The quantitative estimate of drug-likeness (QED) is 0.161. The van der Waals surface area contributed by atoms with Crippen molar-refractivity contribution in [1.29, 1.82) is 0 Å². The van der Waals surface area contributed by atoms with E-state index in [1.54, 1.807) is 0 Å². The molecule has 0 aliphatic heterocycles. The van der Waals surface area contributed by atoms with Gasteiger partial charge in [-0.25, -0.2) is 8.42 Å². The minimum atomic E-state index is -4.66. The summed E-state index contributed by atoms with van der Waals surface area (Å²) in [7, 11) is -4.66. The monoisotopic (exact) mass is 442 g/mol. The van der Waals surface area contributed by atoms with Crippen molar-refractivity contribution in [2.24, 2.45) is 11.8 Å². The molecule has 2 unspecified atom stereocenters. The average molecular weight is 442 g/mol. The van der Waals surface area contributed by atoms with E-state index in [0.717, 1.165) is 19.3 Å². The molecule has 0 aromatic heterocycles. The molecule has 0 saturated heterocycles. The van der Waals surface area contributed by atoms with E-state index in [-0.39, 0.29) is 35.5 Å². The van der Waals surface area contributed by atoms with Gasteiger partial charge in [0, 0.05) is 0 Å². The van der Waals surface area contributed by atoms with Gasteiger partial charge in [0.05, 0.1) is 0 Å². The number of alkyl halides is 1. The molecule has 0 bridgehead atoms. The van der Waals surface area contributed by atoms with E-state index in [2.05, 4.69) is 13.8 Å². The Morgan fingerprint density at radius 3 is 2.19 bits per heavy atom. The second-order valence-electron chi connectivity index (χ2n) is 5.93. The van der Waals surface area contributed by atoms with Gasteiger partial charge in [-0.05, 0) is 53.7 Å². The largest absolute Gasteiger partial charge is 1.00 e. The molecule has 0 aromatic rings. The third-order valence-corrected chi connectivity index (χ3v) is 5.46. The fourth-order valence-corrected chi connectivity index (χ4v) is 4.81. The first-order valence-electron chi connectivity index (χ1n) is 7.47. The Morgan fingerprint density at radius 1 is 1.24 bits per heavy atom. The predicted octanol–water partition coefficient (Wildman–Crippen LogP) is 1.64. The van der Waals surface area contributed by atoms with Crippen molar-refractivity contribution >= 4 is 33.0 Å². The van der Waals surface area contributed by atoms with Gasteiger partial charge >= 0.3 is 29.6 Å². The molecule has 0 amide bonds. The molecule has 21 heavy (non-hydrogen) atoms. The van der Waals surface area contributed by atoms with Gasteiger partial charge in [-0.2, -0.15) is 0 Å². The zero-order valence-corrected chi connectivity index (χ0v) is 19.0. The third-order valence-electron chi connectivity index (χ3n) is 3.43. The van der Waals surface area contributed by atoms with E-state index in [4.69, 9.17) is 4.18 Å². The molecule has 0 saturated carbocycles. The van der Waals surface area contributed by atoms with Crippen LogP contribution in [0.15, 0.2) is 0 Å². The Hall–Kier alpha value is 1.60. The molecule has 0 heterocycles. The number of unbranched alkanes of at least 4 members (excludes halogenated alkanes) is 1. The zero-order chi connectivity index (χ0) is 15.8. The molecule has 0 N–H and O–H groups in total. The summed E-state index contributed by atoms with van der Waals surface area (Å²) in [6.07, 6.45) is 6.68. The number of halogens is 1. The van der Waals surface area contributed by atoms with Crippen LogP contribution in [0.3, 0.4) is 0 Å². The maximum atomic E-state index is 10.9. The minimum absolute atomic E-state index is 0. The van der Waals surface area contributed by atoms with Gasteiger partial charge in [0.15, 0.2) is 0 Å². The van der Waals surface area contributed by atoms with Crippen molar-refractivity contribution in [2.45, 2.75) is 76.2 Å². The second-order valence-corrected chi connectivity index (χ2v) is 8.88. The molecule has 122 valence electrons. The summed E-state index contributed by atoms with van der Waals surface area (Å²) in [5, 5.41) is 0. The normalized spacial score (nSPS) is 16.3. The van der Waals surface area contributed by atoms with Gasteiger partial charge in [0.2, 0.25) is 10.4 Å². The first kappa shape index (κ1) is 24.8. The molecule has 4 nitrogen and oxygen atoms in total. The number of hydrogen-bond acceptors (Lipinski definition) is 4. The summed E-state index contributed by atoms with van der Waals surface area (Å²) < 4.78 is 36.7. The van der Waals surface area contributed by atoms with Gasteiger partial charge in [-0.1, -0.05) is 53.4 Å². The Labute approximate surface area is 166 Å². The van der Waals surface area contributed by atoms with Gasteiger partial charge < -0.3 is 4.55 Å². The fraction of sp³-hybridized carbons (Fsp3) is 1.00. The predicted molar refractivity (Wildman–Crippen MR) is 89.5 cm³/mol. The van der Waals surface area contributed by atoms with Crippen LogP contribution in [0.1, 0.15) is 72.6 Å². The molecule has 0 fully saturated rings. The van der Waals surface area contributed by atoms with Crippen LogP contribution in [0.2, 0.25) is 0 Å². The molecule has 0 aliphatic rings. The van der Waals surface area contributed by atoms with Crippen LogP contribution in [-0.2, 0) is 14.6 Å². The van der Waals surface area contributed by atoms with Crippen LogP contribution in [0.4, 0.5) is 0 Å². The summed E-state index contributed by atoms with van der Waals surface area (Å²) in [6, 6.07) is 0. The van der Waals surface area contributed by atoms with Crippen LogP contribution >= 0.6 is 22.6 Å². The van der Waals surface area contributed by atoms with E-state index in [9.17, 15) is 13.0 Å². The van der Waals surface area contributed by atoms with Gasteiger partial charge in [0.25, 0.3) is 0 Å². The summed E-state index contributed by atoms with van der Waals surface area (Å²) in [4.78, 5) is 0.